The first kappa shape index (κ1) is 16.9. The first-order valence-corrected chi connectivity index (χ1v) is 8.74. The van der Waals surface area contributed by atoms with E-state index in [0.29, 0.717) is 22.5 Å². The van der Waals surface area contributed by atoms with Crippen LogP contribution in [0.4, 0.5) is 0 Å². The molecule has 2 aromatic heterocycles. The van der Waals surface area contributed by atoms with Gasteiger partial charge in [0.1, 0.15) is 0 Å². The van der Waals surface area contributed by atoms with Crippen molar-refractivity contribution in [2.75, 3.05) is 0 Å². The predicted octanol–water partition coefficient (Wildman–Crippen LogP) is 3.24. The molecule has 0 saturated carbocycles. The summed E-state index contributed by atoms with van der Waals surface area (Å²) < 4.78 is 2.97. The van der Waals surface area contributed by atoms with E-state index in [1.54, 1.807) is 6.92 Å². The number of para-hydroxylation sites is 2. The van der Waals surface area contributed by atoms with Crippen LogP contribution in [-0.4, -0.2) is 19.6 Å². The Morgan fingerprint density at radius 3 is 1.81 bits per heavy atom. The van der Waals surface area contributed by atoms with Crippen molar-refractivity contribution in [3.8, 4) is 22.5 Å². The monoisotopic (exact) mass is 360 g/mol. The van der Waals surface area contributed by atoms with Crippen molar-refractivity contribution in [1.82, 2.24) is 19.6 Å². The third kappa shape index (κ3) is 2.66. The molecule has 0 spiro atoms. The normalized spacial score (nSPS) is 11.1. The zero-order valence-electron chi connectivity index (χ0n) is 15.4. The topological polar surface area (TPSA) is 75.6 Å². The van der Waals surface area contributed by atoms with E-state index in [1.807, 2.05) is 68.4 Å². The Bertz CT molecular complexity index is 1240. The Hall–Kier alpha value is -3.54. The predicted molar refractivity (Wildman–Crippen MR) is 106 cm³/mol. The molecule has 0 bridgehead atoms. The van der Waals surface area contributed by atoms with Crippen LogP contribution in [0.3, 0.4) is 0 Å². The minimum atomic E-state index is -0.241. The number of H-pyrrole nitrogens is 2. The van der Waals surface area contributed by atoms with Crippen LogP contribution in [0.1, 0.15) is 17.0 Å². The maximum absolute atomic E-state index is 13.2. The summed E-state index contributed by atoms with van der Waals surface area (Å²) in [7, 11) is 0. The third-order valence-corrected chi connectivity index (χ3v) is 4.76. The molecule has 0 unspecified atom stereocenters. The Balaban J connectivity index is 1.94. The first-order chi connectivity index (χ1) is 13.0. The Morgan fingerprint density at radius 1 is 0.667 bits per heavy atom. The van der Waals surface area contributed by atoms with Crippen molar-refractivity contribution in [1.29, 1.82) is 0 Å². The highest BCUT2D eigenvalue weighted by Gasteiger charge is 2.22. The first-order valence-electron chi connectivity index (χ1n) is 8.74. The average Bonchev–Trinajstić information content (AvgIpc) is 3.11. The zero-order chi connectivity index (χ0) is 19.1. The van der Waals surface area contributed by atoms with E-state index >= 15 is 0 Å². The van der Waals surface area contributed by atoms with Gasteiger partial charge in [0.15, 0.2) is 0 Å². The van der Waals surface area contributed by atoms with Crippen LogP contribution in [0.5, 0.6) is 0 Å². The smallest absolute Gasteiger partial charge is 0.279 e. The minimum absolute atomic E-state index is 0.235. The fraction of sp³-hybridized carbons (Fsp3) is 0.143. The maximum atomic E-state index is 13.2. The lowest BCUT2D eigenvalue weighted by Gasteiger charge is -2.04. The molecule has 0 amide bonds. The average molecular weight is 360 g/mol. The van der Waals surface area contributed by atoms with Crippen LogP contribution < -0.4 is 11.1 Å². The summed E-state index contributed by atoms with van der Waals surface area (Å²) >= 11 is 0. The van der Waals surface area contributed by atoms with E-state index < -0.39 is 0 Å². The molecule has 4 aromatic rings. The molecule has 0 aliphatic rings. The summed E-state index contributed by atoms with van der Waals surface area (Å²) in [5, 5.41) is 6.20. The fourth-order valence-corrected chi connectivity index (χ4v) is 3.42. The molecule has 2 heterocycles. The van der Waals surface area contributed by atoms with Gasteiger partial charge < -0.3 is 0 Å². The Labute approximate surface area is 155 Å². The Kier molecular flexibility index (Phi) is 3.96. The molecule has 0 atom stereocenters. The second-order valence-corrected chi connectivity index (χ2v) is 6.63. The van der Waals surface area contributed by atoms with Gasteiger partial charge >= 0.3 is 0 Å². The lowest BCUT2D eigenvalue weighted by atomic mass is 10.1. The zero-order valence-corrected chi connectivity index (χ0v) is 15.4. The van der Waals surface area contributed by atoms with Crippen molar-refractivity contribution in [3.05, 3.63) is 92.3 Å². The van der Waals surface area contributed by atoms with Gasteiger partial charge in [-0.1, -0.05) is 36.4 Å². The van der Waals surface area contributed by atoms with E-state index in [-0.39, 0.29) is 11.1 Å². The molecule has 0 radical (unpaired) electrons. The lowest BCUT2D eigenvalue weighted by molar-refractivity contribution is 0.829. The van der Waals surface area contributed by atoms with Crippen molar-refractivity contribution in [2.24, 2.45) is 0 Å². The standard InChI is InChI=1S/C21H20N4O2/c1-13-9-7-8-12-17(13)25-21(27)19(15(3)23-25)18-14(2)22-24(20(18)26)16-10-5-4-6-11-16/h4-12,22-23H,1-3H3. The Morgan fingerprint density at radius 2 is 1.19 bits per heavy atom. The van der Waals surface area contributed by atoms with Gasteiger partial charge in [0.2, 0.25) is 0 Å². The summed E-state index contributed by atoms with van der Waals surface area (Å²) in [5.74, 6) is 0. The second kappa shape index (κ2) is 6.32. The van der Waals surface area contributed by atoms with Gasteiger partial charge in [-0.25, -0.2) is 9.36 Å². The summed E-state index contributed by atoms with van der Waals surface area (Å²) in [6.45, 7) is 5.56. The van der Waals surface area contributed by atoms with Crippen molar-refractivity contribution < 1.29 is 0 Å². The molecule has 136 valence electrons. The van der Waals surface area contributed by atoms with E-state index in [2.05, 4.69) is 10.2 Å². The van der Waals surface area contributed by atoms with Gasteiger partial charge in [0.25, 0.3) is 11.1 Å². The molecule has 0 aliphatic carbocycles. The molecule has 4 rings (SSSR count). The van der Waals surface area contributed by atoms with Gasteiger partial charge in [0, 0.05) is 11.4 Å². The summed E-state index contributed by atoms with van der Waals surface area (Å²) in [5.41, 5.74) is 4.09. The summed E-state index contributed by atoms with van der Waals surface area (Å²) in [6.07, 6.45) is 0. The number of nitrogens with zero attached hydrogens (tertiary/aromatic N) is 2. The number of benzene rings is 2. The molecule has 0 aliphatic heterocycles. The van der Waals surface area contributed by atoms with E-state index in [0.717, 1.165) is 16.9 Å². The number of aromatic nitrogens is 4. The lowest BCUT2D eigenvalue weighted by Crippen LogP contribution is -2.20. The highest BCUT2D eigenvalue weighted by molar-refractivity contribution is 5.68. The molecule has 6 heteroatoms. The van der Waals surface area contributed by atoms with Gasteiger partial charge in [-0.2, -0.15) is 0 Å². The van der Waals surface area contributed by atoms with Crippen LogP contribution in [0, 0.1) is 20.8 Å². The molecular weight excluding hydrogens is 340 g/mol. The molecule has 27 heavy (non-hydrogen) atoms. The highest BCUT2D eigenvalue weighted by atomic mass is 16.1. The van der Waals surface area contributed by atoms with Gasteiger partial charge in [0.05, 0.1) is 22.5 Å². The summed E-state index contributed by atoms with van der Waals surface area (Å²) in [6, 6.07) is 16.9. The third-order valence-electron chi connectivity index (χ3n) is 4.76. The van der Waals surface area contributed by atoms with E-state index in [4.69, 9.17) is 0 Å². The van der Waals surface area contributed by atoms with Gasteiger partial charge in [-0.15, -0.1) is 0 Å². The molecule has 0 saturated heterocycles. The molecule has 6 nitrogen and oxygen atoms in total. The number of nitrogens with one attached hydrogen (secondary N) is 2. The quantitative estimate of drug-likeness (QED) is 0.588. The number of aromatic amines is 2. The van der Waals surface area contributed by atoms with Crippen LogP contribution in [0.15, 0.2) is 64.2 Å². The fourth-order valence-electron chi connectivity index (χ4n) is 3.42. The minimum Gasteiger partial charge on any atom is -0.295 e. The van der Waals surface area contributed by atoms with Crippen molar-refractivity contribution in [2.45, 2.75) is 20.8 Å². The SMILES string of the molecule is Cc1ccccc1-n1[nH]c(C)c(-c2c(C)[nH]n(-c3ccccc3)c2=O)c1=O. The number of aryl methyl sites for hydroxylation is 3. The van der Waals surface area contributed by atoms with Gasteiger partial charge in [-0.3, -0.25) is 19.8 Å². The van der Waals surface area contributed by atoms with E-state index in [9.17, 15) is 9.59 Å². The number of rotatable bonds is 3. The van der Waals surface area contributed by atoms with Crippen molar-refractivity contribution in [3.63, 3.8) is 0 Å². The number of hydrogen-bond donors (Lipinski definition) is 2. The van der Waals surface area contributed by atoms with Crippen molar-refractivity contribution >= 4 is 0 Å². The van der Waals surface area contributed by atoms with Crippen LogP contribution in [-0.2, 0) is 0 Å². The van der Waals surface area contributed by atoms with Crippen LogP contribution >= 0.6 is 0 Å². The molecular formula is C21H20N4O2. The molecule has 2 N–H and O–H groups in total. The maximum Gasteiger partial charge on any atom is 0.279 e. The largest absolute Gasteiger partial charge is 0.295 e. The van der Waals surface area contributed by atoms with Gasteiger partial charge in [-0.05, 0) is 44.5 Å². The van der Waals surface area contributed by atoms with Crippen LogP contribution in [0.25, 0.3) is 22.5 Å². The molecule has 2 aromatic carbocycles. The number of hydrogen-bond acceptors (Lipinski definition) is 2. The van der Waals surface area contributed by atoms with Crippen LogP contribution in [0.2, 0.25) is 0 Å². The van der Waals surface area contributed by atoms with E-state index in [1.165, 1.54) is 9.36 Å². The second-order valence-electron chi connectivity index (χ2n) is 6.63. The summed E-state index contributed by atoms with van der Waals surface area (Å²) in [4.78, 5) is 26.2. The highest BCUT2D eigenvalue weighted by Crippen LogP contribution is 2.21. The molecule has 0 fully saturated rings.